The number of ether oxygens (including phenoxy) is 2. The summed E-state index contributed by atoms with van der Waals surface area (Å²) in [6.07, 6.45) is 0.666. The van der Waals surface area contributed by atoms with Crippen molar-refractivity contribution in [2.45, 2.75) is 26.3 Å². The van der Waals surface area contributed by atoms with Crippen LogP contribution < -0.4 is 4.74 Å². The van der Waals surface area contributed by atoms with Crippen molar-refractivity contribution in [3.63, 3.8) is 0 Å². The Balaban J connectivity index is 1.66. The van der Waals surface area contributed by atoms with E-state index in [1.165, 1.54) is 11.1 Å². The number of hydrazone groups is 1. The maximum Gasteiger partial charge on any atom is 0.257 e. The van der Waals surface area contributed by atoms with Gasteiger partial charge in [0.05, 0.1) is 38.6 Å². The highest BCUT2D eigenvalue weighted by atomic mass is 16.5. The van der Waals surface area contributed by atoms with Gasteiger partial charge in [-0.25, -0.2) is 5.01 Å². The summed E-state index contributed by atoms with van der Waals surface area (Å²) in [4.78, 5) is 15.4. The molecule has 2 aromatic rings. The van der Waals surface area contributed by atoms with E-state index in [1.807, 2.05) is 24.3 Å². The molecule has 158 valence electrons. The molecule has 2 aliphatic rings. The number of hydrogen-bond acceptors (Lipinski definition) is 5. The van der Waals surface area contributed by atoms with Crippen molar-refractivity contribution in [1.82, 2.24) is 9.91 Å². The number of carbonyl (C=O) groups excluding carboxylic acids is 1. The lowest BCUT2D eigenvalue weighted by Crippen LogP contribution is -2.43. The second-order valence-electron chi connectivity index (χ2n) is 7.95. The van der Waals surface area contributed by atoms with Gasteiger partial charge < -0.3 is 9.47 Å². The van der Waals surface area contributed by atoms with Crippen molar-refractivity contribution in [2.24, 2.45) is 5.10 Å². The average molecular weight is 408 g/mol. The molecule has 0 spiro atoms. The van der Waals surface area contributed by atoms with Crippen LogP contribution in [0.5, 0.6) is 5.75 Å². The Morgan fingerprint density at radius 1 is 1.17 bits per heavy atom. The van der Waals surface area contributed by atoms with E-state index in [-0.39, 0.29) is 11.9 Å². The van der Waals surface area contributed by atoms with Crippen LogP contribution >= 0.6 is 0 Å². The lowest BCUT2D eigenvalue weighted by Gasteiger charge is -2.29. The first kappa shape index (κ1) is 20.6. The molecule has 0 unspecified atom stereocenters. The van der Waals surface area contributed by atoms with Gasteiger partial charge in [0.15, 0.2) is 0 Å². The maximum absolute atomic E-state index is 13.3. The van der Waals surface area contributed by atoms with Gasteiger partial charge in [-0.05, 0) is 25.5 Å². The molecule has 6 nitrogen and oxygen atoms in total. The molecule has 1 saturated heterocycles. The normalized spacial score (nSPS) is 19.6. The fourth-order valence-corrected chi connectivity index (χ4v) is 4.25. The summed E-state index contributed by atoms with van der Waals surface area (Å²) in [6, 6.07) is 14.1. The molecule has 6 heteroatoms. The third kappa shape index (κ3) is 4.25. The zero-order valence-electron chi connectivity index (χ0n) is 17.9. The lowest BCUT2D eigenvalue weighted by molar-refractivity contribution is -0.135. The smallest absolute Gasteiger partial charge is 0.257 e. The minimum atomic E-state index is -0.176. The van der Waals surface area contributed by atoms with Gasteiger partial charge in [0.2, 0.25) is 0 Å². The Morgan fingerprint density at radius 3 is 2.67 bits per heavy atom. The number of morpholine rings is 1. The van der Waals surface area contributed by atoms with Gasteiger partial charge in [0.1, 0.15) is 5.75 Å². The van der Waals surface area contributed by atoms with Crippen molar-refractivity contribution < 1.29 is 14.3 Å². The van der Waals surface area contributed by atoms with Crippen LogP contribution in [0.15, 0.2) is 47.6 Å². The predicted molar refractivity (Wildman–Crippen MR) is 117 cm³/mol. The molecule has 4 rings (SSSR count). The van der Waals surface area contributed by atoms with E-state index in [0.29, 0.717) is 26.2 Å². The SMILES string of the molecule is COc1ccccc1[C@H]1CC(c2ccc(C)cc2C)=NN1C(=O)CN1CCOCC1. The second-order valence-corrected chi connectivity index (χ2v) is 7.95. The average Bonchev–Trinajstić information content (AvgIpc) is 3.19. The summed E-state index contributed by atoms with van der Waals surface area (Å²) >= 11 is 0. The summed E-state index contributed by atoms with van der Waals surface area (Å²) in [5, 5.41) is 6.50. The third-order valence-electron chi connectivity index (χ3n) is 5.82. The number of benzene rings is 2. The maximum atomic E-state index is 13.3. The number of methoxy groups -OCH3 is 1. The number of para-hydroxylation sites is 1. The topological polar surface area (TPSA) is 54.4 Å². The van der Waals surface area contributed by atoms with E-state index in [2.05, 4.69) is 36.9 Å². The number of aryl methyl sites for hydroxylation is 2. The molecular weight excluding hydrogens is 378 g/mol. The molecule has 2 aliphatic heterocycles. The Kier molecular flexibility index (Phi) is 6.16. The fourth-order valence-electron chi connectivity index (χ4n) is 4.25. The quantitative estimate of drug-likeness (QED) is 0.763. The predicted octanol–water partition coefficient (Wildman–Crippen LogP) is 3.32. The number of carbonyl (C=O) groups is 1. The minimum Gasteiger partial charge on any atom is -0.496 e. The van der Waals surface area contributed by atoms with E-state index in [9.17, 15) is 4.79 Å². The number of nitrogens with zero attached hydrogens (tertiary/aromatic N) is 3. The molecule has 0 N–H and O–H groups in total. The Hall–Kier alpha value is -2.70. The standard InChI is InChI=1S/C24H29N3O3/c1-17-8-9-19(18(2)14-17)21-15-22(20-6-4-5-7-23(20)29-3)27(25-21)24(28)16-26-10-12-30-13-11-26/h4-9,14,22H,10-13,15-16H2,1-3H3/t22-/m1/s1. The van der Waals surface area contributed by atoms with E-state index in [0.717, 1.165) is 35.7 Å². The zero-order chi connectivity index (χ0) is 21.1. The summed E-state index contributed by atoms with van der Waals surface area (Å²) in [5.74, 6) is 0.788. The summed E-state index contributed by atoms with van der Waals surface area (Å²) < 4.78 is 11.0. The lowest BCUT2D eigenvalue weighted by atomic mass is 9.95. The molecule has 1 amide bonds. The minimum absolute atomic E-state index is 0.00701. The van der Waals surface area contributed by atoms with E-state index < -0.39 is 0 Å². The molecule has 30 heavy (non-hydrogen) atoms. The first-order valence-corrected chi connectivity index (χ1v) is 10.5. The van der Waals surface area contributed by atoms with E-state index >= 15 is 0 Å². The van der Waals surface area contributed by atoms with Crippen molar-refractivity contribution in [1.29, 1.82) is 0 Å². The highest BCUT2D eigenvalue weighted by molar-refractivity contribution is 6.04. The molecule has 0 bridgehead atoms. The van der Waals surface area contributed by atoms with Crippen LogP contribution in [-0.2, 0) is 9.53 Å². The summed E-state index contributed by atoms with van der Waals surface area (Å²) in [7, 11) is 1.67. The van der Waals surface area contributed by atoms with Gasteiger partial charge in [0.25, 0.3) is 5.91 Å². The largest absolute Gasteiger partial charge is 0.496 e. The van der Waals surface area contributed by atoms with Gasteiger partial charge in [-0.15, -0.1) is 0 Å². The highest BCUT2D eigenvalue weighted by Crippen LogP contribution is 2.38. The van der Waals surface area contributed by atoms with Crippen LogP contribution in [0.1, 0.15) is 34.7 Å². The molecule has 0 aliphatic carbocycles. The van der Waals surface area contributed by atoms with Crippen molar-refractivity contribution in [2.75, 3.05) is 40.0 Å². The first-order valence-electron chi connectivity index (χ1n) is 10.5. The van der Waals surface area contributed by atoms with E-state index in [4.69, 9.17) is 14.6 Å². The molecule has 0 saturated carbocycles. The van der Waals surface area contributed by atoms with Gasteiger partial charge >= 0.3 is 0 Å². The fraction of sp³-hybridized carbons (Fsp3) is 0.417. The number of amides is 1. The molecule has 0 radical (unpaired) electrons. The summed E-state index contributed by atoms with van der Waals surface area (Å²) in [5.41, 5.74) is 5.42. The number of rotatable bonds is 5. The Bertz CT molecular complexity index is 950. The summed E-state index contributed by atoms with van der Waals surface area (Å²) in [6.45, 7) is 7.41. The van der Waals surface area contributed by atoms with Gasteiger partial charge in [-0.2, -0.15) is 5.10 Å². The van der Waals surface area contributed by atoms with Crippen molar-refractivity contribution >= 4 is 11.6 Å². The Morgan fingerprint density at radius 2 is 1.93 bits per heavy atom. The van der Waals surface area contributed by atoms with Crippen molar-refractivity contribution in [3.05, 3.63) is 64.7 Å². The number of hydrogen-bond donors (Lipinski definition) is 0. The molecule has 2 aromatic carbocycles. The Labute approximate surface area is 178 Å². The van der Waals surface area contributed by atoms with E-state index in [1.54, 1.807) is 12.1 Å². The van der Waals surface area contributed by atoms with Crippen LogP contribution in [0.2, 0.25) is 0 Å². The first-order chi connectivity index (χ1) is 14.6. The zero-order valence-corrected chi connectivity index (χ0v) is 17.9. The molecular formula is C24H29N3O3. The highest BCUT2D eigenvalue weighted by Gasteiger charge is 2.35. The van der Waals surface area contributed by atoms with Gasteiger partial charge in [-0.3, -0.25) is 9.69 Å². The van der Waals surface area contributed by atoms with Crippen LogP contribution in [0, 0.1) is 13.8 Å². The van der Waals surface area contributed by atoms with Crippen molar-refractivity contribution in [3.8, 4) is 5.75 Å². The van der Waals surface area contributed by atoms with Crippen LogP contribution in [-0.4, -0.2) is 61.5 Å². The molecule has 2 heterocycles. The molecule has 0 aromatic heterocycles. The molecule has 1 atom stereocenters. The van der Waals surface area contributed by atoms with Gasteiger partial charge in [0, 0.05) is 30.6 Å². The molecule has 1 fully saturated rings. The monoisotopic (exact) mass is 407 g/mol. The van der Waals surface area contributed by atoms with Gasteiger partial charge in [-0.1, -0.05) is 42.0 Å². The van der Waals surface area contributed by atoms with Crippen LogP contribution in [0.3, 0.4) is 0 Å². The second kappa shape index (κ2) is 8.98. The van der Waals surface area contributed by atoms with Crippen LogP contribution in [0.4, 0.5) is 0 Å². The third-order valence-corrected chi connectivity index (χ3v) is 5.82. The van der Waals surface area contributed by atoms with Crippen LogP contribution in [0.25, 0.3) is 0 Å².